The summed E-state index contributed by atoms with van der Waals surface area (Å²) in [6, 6.07) is -1.35. The fourth-order valence-corrected chi connectivity index (χ4v) is 3.81. The van der Waals surface area contributed by atoms with Crippen LogP contribution in [0.1, 0.15) is 48.6 Å². The van der Waals surface area contributed by atoms with Crippen molar-refractivity contribution < 1.29 is 40.7 Å². The monoisotopic (exact) mass is 513 g/mol. The highest BCUT2D eigenvalue weighted by Gasteiger charge is 2.49. The largest absolute Gasteiger partial charge is 0.443 e. The maximum absolute atomic E-state index is 13.4. The minimum atomic E-state index is -4.83. The van der Waals surface area contributed by atoms with E-state index in [4.69, 9.17) is 0 Å². The third-order valence-corrected chi connectivity index (χ3v) is 6.13. The first kappa shape index (κ1) is 27.4. The summed E-state index contributed by atoms with van der Waals surface area (Å²) in [5.41, 5.74) is -3.20. The summed E-state index contributed by atoms with van der Waals surface area (Å²) < 4.78 is 78.5. The Morgan fingerprint density at radius 2 is 1.91 bits per heavy atom. The molecule has 1 aromatic rings. The molecule has 1 fully saturated rings. The van der Waals surface area contributed by atoms with E-state index in [0.717, 1.165) is 19.2 Å². The van der Waals surface area contributed by atoms with Crippen molar-refractivity contribution in [2.24, 2.45) is 11.3 Å². The van der Waals surface area contributed by atoms with E-state index in [0.29, 0.717) is 13.0 Å². The summed E-state index contributed by atoms with van der Waals surface area (Å²) in [5, 5.41) is 15.5. The van der Waals surface area contributed by atoms with Crippen LogP contribution in [0, 0.1) is 22.7 Å². The predicted molar refractivity (Wildman–Crippen MR) is 106 cm³/mol. The van der Waals surface area contributed by atoms with Crippen LogP contribution < -0.4 is 16.0 Å². The number of halogens is 6. The topological polar surface area (TPSA) is 124 Å². The van der Waals surface area contributed by atoms with Crippen LogP contribution in [0.25, 0.3) is 0 Å². The van der Waals surface area contributed by atoms with Gasteiger partial charge in [-0.1, -0.05) is 13.8 Å². The standard InChI is InChI=1S/C19H21F6N5O3S/c1-17(2,19(23,24)25)6-11(29-15(33)12-8-34-16(30-12)18(20,21)22)14(32)28-10(7-26)5-9-3-4-27-13(9)31/h8-11H,3-6H2,1-2H3,(H,27,31)(H,28,32)(H,29,33)/t9-,10-,11-/m0/s1. The van der Waals surface area contributed by atoms with E-state index in [1.165, 1.54) is 0 Å². The lowest BCUT2D eigenvalue weighted by molar-refractivity contribution is -0.215. The molecule has 0 aliphatic carbocycles. The molecule has 0 aromatic carbocycles. The fourth-order valence-electron chi connectivity index (χ4n) is 3.15. The minimum Gasteiger partial charge on any atom is -0.356 e. The van der Waals surface area contributed by atoms with Crippen molar-refractivity contribution in [3.8, 4) is 6.07 Å². The molecule has 1 aliphatic rings. The summed E-state index contributed by atoms with van der Waals surface area (Å²) in [5.74, 6) is -3.35. The third kappa shape index (κ3) is 6.81. The fraction of sp³-hybridized carbons (Fsp3) is 0.632. The molecule has 188 valence electrons. The number of amides is 3. The highest BCUT2D eigenvalue weighted by molar-refractivity contribution is 7.09. The van der Waals surface area contributed by atoms with Crippen LogP contribution in [0.2, 0.25) is 0 Å². The van der Waals surface area contributed by atoms with Gasteiger partial charge >= 0.3 is 12.4 Å². The molecule has 0 spiro atoms. The number of alkyl halides is 6. The smallest absolute Gasteiger partial charge is 0.356 e. The van der Waals surface area contributed by atoms with E-state index in [-0.39, 0.29) is 23.7 Å². The number of thiazole rings is 1. The molecule has 1 aromatic heterocycles. The molecule has 34 heavy (non-hydrogen) atoms. The van der Waals surface area contributed by atoms with Crippen molar-refractivity contribution >= 4 is 29.1 Å². The van der Waals surface area contributed by atoms with Gasteiger partial charge in [-0.05, 0) is 19.3 Å². The zero-order valence-electron chi connectivity index (χ0n) is 17.9. The Morgan fingerprint density at radius 3 is 2.38 bits per heavy atom. The number of nitriles is 1. The number of nitrogens with one attached hydrogen (secondary N) is 3. The van der Waals surface area contributed by atoms with Crippen molar-refractivity contribution in [1.29, 1.82) is 5.26 Å². The molecule has 0 radical (unpaired) electrons. The SMILES string of the molecule is CC(C)(C[C@H](NC(=O)c1csc(C(F)(F)F)n1)C(=O)N[C@H](C#N)C[C@@H]1CCNC1=O)C(F)(F)F. The van der Waals surface area contributed by atoms with Gasteiger partial charge in [0.2, 0.25) is 11.8 Å². The molecule has 8 nitrogen and oxygen atoms in total. The molecule has 0 bridgehead atoms. The van der Waals surface area contributed by atoms with Crippen LogP contribution in [0.15, 0.2) is 5.38 Å². The number of rotatable bonds is 8. The van der Waals surface area contributed by atoms with E-state index in [1.54, 1.807) is 6.07 Å². The number of nitrogens with zero attached hydrogens (tertiary/aromatic N) is 2. The molecular weight excluding hydrogens is 492 g/mol. The number of hydrogen-bond donors (Lipinski definition) is 3. The van der Waals surface area contributed by atoms with Crippen molar-refractivity contribution in [3.05, 3.63) is 16.1 Å². The molecule has 15 heteroatoms. The number of hydrogen-bond acceptors (Lipinski definition) is 6. The molecule has 3 atom stereocenters. The van der Waals surface area contributed by atoms with Crippen LogP contribution >= 0.6 is 11.3 Å². The Labute approximate surface area is 194 Å². The third-order valence-electron chi connectivity index (χ3n) is 5.24. The summed E-state index contributed by atoms with van der Waals surface area (Å²) in [4.78, 5) is 40.0. The number of aromatic nitrogens is 1. The molecule has 3 amide bonds. The van der Waals surface area contributed by atoms with Gasteiger partial charge in [0.25, 0.3) is 5.91 Å². The van der Waals surface area contributed by atoms with Gasteiger partial charge in [-0.25, -0.2) is 4.98 Å². The summed E-state index contributed by atoms with van der Waals surface area (Å²) in [7, 11) is 0. The lowest BCUT2D eigenvalue weighted by atomic mass is 9.84. The summed E-state index contributed by atoms with van der Waals surface area (Å²) >= 11 is 0.111. The minimum absolute atomic E-state index is 0.0988. The molecule has 0 unspecified atom stereocenters. The highest BCUT2D eigenvalue weighted by atomic mass is 32.1. The Morgan fingerprint density at radius 1 is 1.26 bits per heavy atom. The molecular formula is C19H21F6N5O3S. The van der Waals surface area contributed by atoms with E-state index < -0.39 is 64.7 Å². The first-order valence-electron chi connectivity index (χ1n) is 9.93. The molecule has 3 N–H and O–H groups in total. The zero-order valence-corrected chi connectivity index (χ0v) is 18.7. The van der Waals surface area contributed by atoms with Crippen molar-refractivity contribution in [1.82, 2.24) is 20.9 Å². The van der Waals surface area contributed by atoms with Crippen LogP contribution in [0.4, 0.5) is 26.3 Å². The van der Waals surface area contributed by atoms with Gasteiger partial charge in [0, 0.05) is 17.8 Å². The normalized spacial score (nSPS) is 18.6. The highest BCUT2D eigenvalue weighted by Crippen LogP contribution is 2.41. The van der Waals surface area contributed by atoms with Crippen molar-refractivity contribution in [2.75, 3.05) is 6.54 Å². The molecule has 0 saturated carbocycles. The van der Waals surface area contributed by atoms with Crippen molar-refractivity contribution in [2.45, 2.75) is 57.5 Å². The first-order chi connectivity index (χ1) is 15.5. The Kier molecular flexibility index (Phi) is 8.18. The Balaban J connectivity index is 2.21. The average molecular weight is 513 g/mol. The Bertz CT molecular complexity index is 969. The second-order valence-electron chi connectivity index (χ2n) is 8.35. The van der Waals surface area contributed by atoms with Crippen LogP contribution in [-0.4, -0.2) is 47.5 Å². The lowest BCUT2D eigenvalue weighted by Crippen LogP contribution is -2.53. The average Bonchev–Trinajstić information content (AvgIpc) is 3.35. The van der Waals surface area contributed by atoms with Gasteiger partial charge in [0.15, 0.2) is 5.01 Å². The molecule has 1 aliphatic heterocycles. The summed E-state index contributed by atoms with van der Waals surface area (Å²) in [6.07, 6.45) is -10.3. The first-order valence-corrected chi connectivity index (χ1v) is 10.8. The zero-order chi connectivity index (χ0) is 25.9. The van der Waals surface area contributed by atoms with Gasteiger partial charge in [-0.2, -0.15) is 31.6 Å². The number of carbonyl (C=O) groups is 3. The van der Waals surface area contributed by atoms with Gasteiger partial charge in [0.1, 0.15) is 17.8 Å². The van der Waals surface area contributed by atoms with Crippen molar-refractivity contribution in [3.63, 3.8) is 0 Å². The summed E-state index contributed by atoms with van der Waals surface area (Å²) in [6.45, 7) is 1.95. The predicted octanol–water partition coefficient (Wildman–Crippen LogP) is 2.77. The second-order valence-corrected chi connectivity index (χ2v) is 9.21. The van der Waals surface area contributed by atoms with Crippen LogP contribution in [-0.2, 0) is 15.8 Å². The van der Waals surface area contributed by atoms with E-state index in [9.17, 15) is 46.0 Å². The maximum Gasteiger partial charge on any atom is 0.443 e. The van der Waals surface area contributed by atoms with E-state index in [1.807, 2.05) is 5.32 Å². The molecule has 2 heterocycles. The van der Waals surface area contributed by atoms with Gasteiger partial charge in [0.05, 0.1) is 11.5 Å². The van der Waals surface area contributed by atoms with E-state index >= 15 is 0 Å². The quantitative estimate of drug-likeness (QED) is 0.462. The van der Waals surface area contributed by atoms with Gasteiger partial charge < -0.3 is 16.0 Å². The van der Waals surface area contributed by atoms with E-state index in [2.05, 4.69) is 15.6 Å². The number of carbonyl (C=O) groups excluding carboxylic acids is 3. The molecule has 1 saturated heterocycles. The van der Waals surface area contributed by atoms with Crippen LogP contribution in [0.3, 0.4) is 0 Å². The Hall–Kier alpha value is -2.89. The van der Waals surface area contributed by atoms with Gasteiger partial charge in [-0.3, -0.25) is 14.4 Å². The molecule has 2 rings (SSSR count). The van der Waals surface area contributed by atoms with Crippen LogP contribution in [0.5, 0.6) is 0 Å². The second kappa shape index (κ2) is 10.2. The maximum atomic E-state index is 13.4. The van der Waals surface area contributed by atoms with Gasteiger partial charge in [-0.15, -0.1) is 11.3 Å². The lowest BCUT2D eigenvalue weighted by Gasteiger charge is -2.32.